The molecule has 0 spiro atoms. The third-order valence-corrected chi connectivity index (χ3v) is 4.55. The average Bonchev–Trinajstić information content (AvgIpc) is 2.82. The van der Waals surface area contributed by atoms with Gasteiger partial charge < -0.3 is 14.8 Å². The second-order valence-electron chi connectivity index (χ2n) is 6.61. The normalized spacial score (nSPS) is 10.7. The van der Waals surface area contributed by atoms with Crippen LogP contribution in [-0.4, -0.2) is 25.1 Å². The minimum absolute atomic E-state index is 0.0556. The lowest BCUT2D eigenvalue weighted by molar-refractivity contribution is -0.112. The Bertz CT molecular complexity index is 1260. The van der Waals surface area contributed by atoms with Crippen molar-refractivity contribution in [1.82, 2.24) is 0 Å². The van der Waals surface area contributed by atoms with E-state index >= 15 is 0 Å². The van der Waals surface area contributed by atoms with E-state index in [2.05, 4.69) is 11.2 Å². The van der Waals surface area contributed by atoms with E-state index in [1.807, 2.05) is 36.4 Å². The molecule has 158 valence electrons. The molecular formula is C26H20N2O4. The predicted molar refractivity (Wildman–Crippen MR) is 123 cm³/mol. The van der Waals surface area contributed by atoms with Gasteiger partial charge in [0.15, 0.2) is 0 Å². The van der Waals surface area contributed by atoms with Gasteiger partial charge in [0, 0.05) is 11.3 Å². The van der Waals surface area contributed by atoms with Crippen molar-refractivity contribution in [3.63, 3.8) is 0 Å². The van der Waals surface area contributed by atoms with E-state index in [0.29, 0.717) is 22.6 Å². The first-order chi connectivity index (χ1) is 15.6. The predicted octanol–water partition coefficient (Wildman–Crippen LogP) is 4.57. The van der Waals surface area contributed by atoms with Crippen molar-refractivity contribution in [3.05, 3.63) is 77.4 Å². The first kappa shape index (κ1) is 22.1. The van der Waals surface area contributed by atoms with E-state index in [1.54, 1.807) is 37.3 Å². The summed E-state index contributed by atoms with van der Waals surface area (Å²) in [6.07, 6.45) is 6.79. The van der Waals surface area contributed by atoms with Crippen molar-refractivity contribution in [2.45, 2.75) is 6.92 Å². The Kier molecular flexibility index (Phi) is 7.24. The summed E-state index contributed by atoms with van der Waals surface area (Å²) >= 11 is 0. The lowest BCUT2D eigenvalue weighted by atomic mass is 10.0. The van der Waals surface area contributed by atoms with Crippen LogP contribution in [0.3, 0.4) is 0 Å². The molecule has 3 aromatic carbocycles. The van der Waals surface area contributed by atoms with E-state index < -0.39 is 11.9 Å². The summed E-state index contributed by atoms with van der Waals surface area (Å²) in [6, 6.07) is 19.4. The highest BCUT2D eigenvalue weighted by Gasteiger charge is 2.14. The Labute approximate surface area is 186 Å². The quantitative estimate of drug-likeness (QED) is 0.260. The highest BCUT2D eigenvalue weighted by atomic mass is 16.5. The number of nitrogens with one attached hydrogen (secondary N) is 1. The van der Waals surface area contributed by atoms with Crippen LogP contribution in [0.5, 0.6) is 5.75 Å². The zero-order valence-electron chi connectivity index (χ0n) is 17.4. The molecule has 0 saturated carbocycles. The van der Waals surface area contributed by atoms with Crippen LogP contribution in [0.25, 0.3) is 16.8 Å². The van der Waals surface area contributed by atoms with Gasteiger partial charge in [-0.2, -0.15) is 5.26 Å². The summed E-state index contributed by atoms with van der Waals surface area (Å²) in [6.45, 7) is 2.05. The third-order valence-electron chi connectivity index (χ3n) is 4.55. The molecule has 0 heterocycles. The highest BCUT2D eigenvalue weighted by molar-refractivity contribution is 6.11. The van der Waals surface area contributed by atoms with Crippen LogP contribution in [0, 0.1) is 23.7 Å². The van der Waals surface area contributed by atoms with Crippen molar-refractivity contribution in [1.29, 1.82) is 5.26 Å². The average molecular weight is 424 g/mol. The van der Waals surface area contributed by atoms with Crippen LogP contribution in [0.4, 0.5) is 5.69 Å². The molecule has 0 atom stereocenters. The van der Waals surface area contributed by atoms with Crippen molar-refractivity contribution < 1.29 is 19.1 Å². The molecule has 6 nitrogen and oxygen atoms in total. The number of hydrogen-bond acceptors (Lipinski definition) is 5. The molecule has 1 N–H and O–H groups in total. The van der Waals surface area contributed by atoms with Crippen LogP contribution >= 0.6 is 0 Å². The van der Waals surface area contributed by atoms with Crippen LogP contribution in [0.15, 0.2) is 66.2 Å². The number of esters is 1. The molecule has 0 bridgehead atoms. The van der Waals surface area contributed by atoms with Gasteiger partial charge in [-0.15, -0.1) is 6.42 Å². The Morgan fingerprint density at radius 3 is 2.53 bits per heavy atom. The number of carbonyl (C=O) groups excluding carboxylic acids is 2. The number of carbonyl (C=O) groups is 2. The zero-order valence-corrected chi connectivity index (χ0v) is 17.4. The summed E-state index contributed by atoms with van der Waals surface area (Å²) in [5.74, 6) is 1.85. The standard InChI is InChI=1S/C26H20N2O4/c1-3-15-32-24-14-11-18-7-5-6-8-22(18)23(24)16-20(17-27)25(29)28-21-12-9-19(10-13-21)26(30)31-4-2/h1,5-14,16H,4,15H2,2H3,(H,28,29)/b20-16+. The number of anilines is 1. The smallest absolute Gasteiger partial charge is 0.338 e. The molecule has 3 aromatic rings. The molecule has 0 radical (unpaired) electrons. The number of benzene rings is 3. The molecule has 1 amide bonds. The van der Waals surface area contributed by atoms with E-state index in [0.717, 1.165) is 10.8 Å². The summed E-state index contributed by atoms with van der Waals surface area (Å²) in [4.78, 5) is 24.5. The largest absolute Gasteiger partial charge is 0.480 e. The minimum atomic E-state index is -0.591. The summed E-state index contributed by atoms with van der Waals surface area (Å²) < 4.78 is 10.6. The van der Waals surface area contributed by atoms with Gasteiger partial charge in [-0.1, -0.05) is 36.3 Å². The Balaban J connectivity index is 1.91. The van der Waals surface area contributed by atoms with Crippen LogP contribution in [0.1, 0.15) is 22.8 Å². The molecule has 0 aliphatic heterocycles. The van der Waals surface area contributed by atoms with E-state index in [1.165, 1.54) is 6.08 Å². The summed E-state index contributed by atoms with van der Waals surface area (Å²) in [5, 5.41) is 14.1. The Hall–Kier alpha value is -4.55. The Morgan fingerprint density at radius 2 is 1.84 bits per heavy atom. The van der Waals surface area contributed by atoms with Crippen molar-refractivity contribution in [3.8, 4) is 24.2 Å². The topological polar surface area (TPSA) is 88.4 Å². The number of fused-ring (bicyclic) bond motifs is 1. The van der Waals surface area contributed by atoms with E-state index in [4.69, 9.17) is 15.9 Å². The molecular weight excluding hydrogens is 404 g/mol. The number of terminal acetylenes is 1. The van der Waals surface area contributed by atoms with Gasteiger partial charge in [0.05, 0.1) is 12.2 Å². The minimum Gasteiger partial charge on any atom is -0.480 e. The monoisotopic (exact) mass is 424 g/mol. The molecule has 0 saturated heterocycles. The van der Waals surface area contributed by atoms with Gasteiger partial charge in [0.1, 0.15) is 24.0 Å². The lowest BCUT2D eigenvalue weighted by Gasteiger charge is -2.11. The number of amides is 1. The molecule has 0 aliphatic rings. The third kappa shape index (κ3) is 5.13. The number of hydrogen-bond donors (Lipinski definition) is 1. The van der Waals surface area contributed by atoms with Gasteiger partial charge in [0.25, 0.3) is 5.91 Å². The van der Waals surface area contributed by atoms with Gasteiger partial charge in [-0.3, -0.25) is 4.79 Å². The molecule has 0 aliphatic carbocycles. The van der Waals surface area contributed by atoms with Crippen molar-refractivity contribution in [2.75, 3.05) is 18.5 Å². The van der Waals surface area contributed by atoms with Gasteiger partial charge in [0.2, 0.25) is 0 Å². The van der Waals surface area contributed by atoms with Crippen molar-refractivity contribution in [2.24, 2.45) is 0 Å². The summed E-state index contributed by atoms with van der Waals surface area (Å²) in [5.41, 5.74) is 1.28. The first-order valence-electron chi connectivity index (χ1n) is 9.85. The van der Waals surface area contributed by atoms with Gasteiger partial charge in [-0.05, 0) is 54.1 Å². The molecule has 0 unspecified atom stereocenters. The molecule has 6 heteroatoms. The number of rotatable bonds is 7. The maximum atomic E-state index is 12.8. The number of nitriles is 1. The molecule has 32 heavy (non-hydrogen) atoms. The molecule has 3 rings (SSSR count). The second kappa shape index (κ2) is 10.5. The van der Waals surface area contributed by atoms with E-state index in [9.17, 15) is 14.9 Å². The molecule has 0 aromatic heterocycles. The fraction of sp³-hybridized carbons (Fsp3) is 0.115. The maximum absolute atomic E-state index is 12.8. The Morgan fingerprint density at radius 1 is 1.09 bits per heavy atom. The fourth-order valence-electron chi connectivity index (χ4n) is 3.07. The number of ether oxygens (including phenoxy) is 2. The maximum Gasteiger partial charge on any atom is 0.338 e. The second-order valence-corrected chi connectivity index (χ2v) is 6.61. The van der Waals surface area contributed by atoms with Crippen molar-refractivity contribution >= 4 is 34.4 Å². The fourth-order valence-corrected chi connectivity index (χ4v) is 3.07. The first-order valence-corrected chi connectivity index (χ1v) is 9.85. The molecule has 0 fully saturated rings. The van der Waals surface area contributed by atoms with Crippen LogP contribution in [0.2, 0.25) is 0 Å². The van der Waals surface area contributed by atoms with Crippen LogP contribution < -0.4 is 10.1 Å². The van der Waals surface area contributed by atoms with Gasteiger partial charge >= 0.3 is 5.97 Å². The SMILES string of the molecule is C#CCOc1ccc2ccccc2c1/C=C(\C#N)C(=O)Nc1ccc(C(=O)OCC)cc1. The zero-order chi connectivity index (χ0) is 22.9. The highest BCUT2D eigenvalue weighted by Crippen LogP contribution is 2.30. The van der Waals surface area contributed by atoms with Gasteiger partial charge in [-0.25, -0.2) is 4.79 Å². The number of nitrogens with zero attached hydrogens (tertiary/aromatic N) is 1. The lowest BCUT2D eigenvalue weighted by Crippen LogP contribution is -2.14. The van der Waals surface area contributed by atoms with Crippen LogP contribution in [-0.2, 0) is 9.53 Å². The van der Waals surface area contributed by atoms with E-state index in [-0.39, 0.29) is 18.8 Å². The summed E-state index contributed by atoms with van der Waals surface area (Å²) in [7, 11) is 0.